The average Bonchev–Trinajstić information content (AvgIpc) is 2.83. The minimum Gasteiger partial charge on any atom is -0.399 e. The van der Waals surface area contributed by atoms with Gasteiger partial charge >= 0.3 is 0 Å². The van der Waals surface area contributed by atoms with Crippen molar-refractivity contribution in [1.29, 1.82) is 5.26 Å². The van der Waals surface area contributed by atoms with Crippen LogP contribution in [0.15, 0.2) is 48.7 Å². The van der Waals surface area contributed by atoms with E-state index < -0.39 is 0 Å². The van der Waals surface area contributed by atoms with E-state index in [1.807, 2.05) is 43.3 Å². The van der Waals surface area contributed by atoms with Gasteiger partial charge in [-0.2, -0.15) is 5.26 Å². The van der Waals surface area contributed by atoms with Crippen molar-refractivity contribution in [2.45, 2.75) is 13.5 Å². The molecule has 0 aliphatic carbocycles. The van der Waals surface area contributed by atoms with Crippen molar-refractivity contribution < 1.29 is 0 Å². The van der Waals surface area contributed by atoms with Crippen molar-refractivity contribution in [2.75, 3.05) is 5.73 Å². The van der Waals surface area contributed by atoms with Gasteiger partial charge in [-0.25, -0.2) is 0 Å². The van der Waals surface area contributed by atoms with Crippen LogP contribution in [-0.2, 0) is 6.54 Å². The van der Waals surface area contributed by atoms with E-state index >= 15 is 0 Å². The van der Waals surface area contributed by atoms with E-state index in [1.165, 1.54) is 11.1 Å². The van der Waals surface area contributed by atoms with Gasteiger partial charge in [0.1, 0.15) is 0 Å². The van der Waals surface area contributed by atoms with Crippen molar-refractivity contribution in [2.24, 2.45) is 0 Å². The third kappa shape index (κ3) is 2.12. The van der Waals surface area contributed by atoms with Crippen LogP contribution in [0.25, 0.3) is 10.9 Å². The predicted octanol–water partition coefficient (Wildman–Crippen LogP) is 3.45. The van der Waals surface area contributed by atoms with Gasteiger partial charge in [0.05, 0.1) is 11.6 Å². The van der Waals surface area contributed by atoms with E-state index in [4.69, 9.17) is 11.0 Å². The van der Waals surface area contributed by atoms with Crippen molar-refractivity contribution in [1.82, 2.24) is 4.57 Å². The van der Waals surface area contributed by atoms with Crippen molar-refractivity contribution in [3.05, 3.63) is 65.4 Å². The molecule has 3 rings (SSSR count). The fourth-order valence-electron chi connectivity index (χ4n) is 2.48. The normalized spacial score (nSPS) is 10.6. The number of benzene rings is 2. The lowest BCUT2D eigenvalue weighted by Crippen LogP contribution is -2.00. The second-order valence-corrected chi connectivity index (χ2v) is 5.01. The van der Waals surface area contributed by atoms with Crippen LogP contribution in [0.5, 0.6) is 0 Å². The summed E-state index contributed by atoms with van der Waals surface area (Å²) < 4.78 is 2.20. The second kappa shape index (κ2) is 4.75. The Hall–Kier alpha value is -2.73. The molecule has 0 unspecified atom stereocenters. The van der Waals surface area contributed by atoms with Crippen LogP contribution in [0.3, 0.4) is 0 Å². The molecule has 20 heavy (non-hydrogen) atoms. The van der Waals surface area contributed by atoms with Gasteiger partial charge in [-0.3, -0.25) is 0 Å². The number of nitrogens with two attached hydrogens (primary N) is 1. The molecule has 3 nitrogen and oxygen atoms in total. The van der Waals surface area contributed by atoms with Gasteiger partial charge in [0.2, 0.25) is 0 Å². The Morgan fingerprint density at radius 2 is 2.00 bits per heavy atom. The second-order valence-electron chi connectivity index (χ2n) is 5.01. The lowest BCUT2D eigenvalue weighted by atomic mass is 10.1. The van der Waals surface area contributed by atoms with Crippen LogP contribution in [-0.4, -0.2) is 4.57 Å². The zero-order valence-corrected chi connectivity index (χ0v) is 11.3. The first-order valence-corrected chi connectivity index (χ1v) is 6.51. The third-order valence-corrected chi connectivity index (χ3v) is 3.61. The maximum atomic E-state index is 8.91. The lowest BCUT2D eigenvalue weighted by Gasteiger charge is -2.09. The molecule has 1 aromatic heterocycles. The summed E-state index contributed by atoms with van der Waals surface area (Å²) in [5.41, 5.74) is 10.8. The number of anilines is 1. The molecule has 3 heteroatoms. The van der Waals surface area contributed by atoms with E-state index in [0.29, 0.717) is 5.56 Å². The van der Waals surface area contributed by atoms with Gasteiger partial charge in [0.15, 0.2) is 0 Å². The van der Waals surface area contributed by atoms with E-state index in [9.17, 15) is 0 Å². The number of fused-ring (bicyclic) bond motifs is 1. The van der Waals surface area contributed by atoms with Gasteiger partial charge < -0.3 is 10.3 Å². The highest BCUT2D eigenvalue weighted by Gasteiger charge is 2.05. The Morgan fingerprint density at radius 3 is 2.75 bits per heavy atom. The van der Waals surface area contributed by atoms with Crippen molar-refractivity contribution >= 4 is 16.6 Å². The number of nitriles is 1. The molecular weight excluding hydrogens is 246 g/mol. The fourth-order valence-corrected chi connectivity index (χ4v) is 2.48. The fraction of sp³-hybridized carbons (Fsp3) is 0.118. The highest BCUT2D eigenvalue weighted by molar-refractivity contribution is 5.83. The zero-order chi connectivity index (χ0) is 14.1. The summed E-state index contributed by atoms with van der Waals surface area (Å²) in [6.45, 7) is 2.84. The largest absolute Gasteiger partial charge is 0.399 e. The molecule has 1 heterocycles. The maximum absolute atomic E-state index is 8.91. The Bertz CT molecular complexity index is 822. The molecule has 0 saturated heterocycles. The highest BCUT2D eigenvalue weighted by Crippen LogP contribution is 2.21. The maximum Gasteiger partial charge on any atom is 0.0991 e. The van der Waals surface area contributed by atoms with Crippen LogP contribution in [0.1, 0.15) is 16.7 Å². The number of nitrogen functional groups attached to an aromatic ring is 1. The van der Waals surface area contributed by atoms with Crippen LogP contribution in [0.2, 0.25) is 0 Å². The summed E-state index contributed by atoms with van der Waals surface area (Å²) in [6.07, 6.45) is 2.07. The molecule has 2 N–H and O–H groups in total. The highest BCUT2D eigenvalue weighted by atomic mass is 14.9. The van der Waals surface area contributed by atoms with Gasteiger partial charge in [-0.05, 0) is 54.4 Å². The molecule has 0 saturated carbocycles. The number of aryl methyl sites for hydroxylation is 1. The molecule has 0 radical (unpaired) electrons. The Labute approximate surface area is 117 Å². The first-order chi connectivity index (χ1) is 9.67. The summed E-state index contributed by atoms with van der Waals surface area (Å²) in [5.74, 6) is 0. The van der Waals surface area contributed by atoms with E-state index in [-0.39, 0.29) is 0 Å². The lowest BCUT2D eigenvalue weighted by molar-refractivity contribution is 0.830. The summed E-state index contributed by atoms with van der Waals surface area (Å²) in [4.78, 5) is 0. The monoisotopic (exact) mass is 261 g/mol. The number of nitrogens with zero attached hydrogens (tertiary/aromatic N) is 2. The molecule has 98 valence electrons. The molecule has 2 aromatic carbocycles. The van der Waals surface area contributed by atoms with Gasteiger partial charge in [-0.1, -0.05) is 6.07 Å². The first-order valence-electron chi connectivity index (χ1n) is 6.51. The summed E-state index contributed by atoms with van der Waals surface area (Å²) in [5, 5.41) is 10.1. The standard InChI is InChI=1S/C17H15N3/c1-12-8-13(10-18)2-3-15(12)11-20-7-6-14-9-16(19)4-5-17(14)20/h2-9H,11,19H2,1H3. The molecule has 0 spiro atoms. The SMILES string of the molecule is Cc1cc(C#N)ccc1Cn1ccc2cc(N)ccc21. The average molecular weight is 261 g/mol. The Morgan fingerprint density at radius 1 is 1.15 bits per heavy atom. The summed E-state index contributed by atoms with van der Waals surface area (Å²) in [7, 11) is 0. The molecule has 3 aromatic rings. The Kier molecular flexibility index (Phi) is 2.92. The van der Waals surface area contributed by atoms with Crippen LogP contribution < -0.4 is 5.73 Å². The Balaban J connectivity index is 1.99. The molecule has 0 amide bonds. The predicted molar refractivity (Wildman–Crippen MR) is 81.3 cm³/mol. The summed E-state index contributed by atoms with van der Waals surface area (Å²) >= 11 is 0. The molecule has 0 bridgehead atoms. The van der Waals surface area contributed by atoms with Crippen LogP contribution in [0.4, 0.5) is 5.69 Å². The van der Waals surface area contributed by atoms with E-state index in [0.717, 1.165) is 23.2 Å². The molecule has 0 atom stereocenters. The van der Waals surface area contributed by atoms with Gasteiger partial charge in [0.25, 0.3) is 0 Å². The third-order valence-electron chi connectivity index (χ3n) is 3.61. The molecule has 0 aliphatic rings. The van der Waals surface area contributed by atoms with Crippen LogP contribution >= 0.6 is 0 Å². The minimum atomic E-state index is 0.705. The number of aromatic nitrogens is 1. The smallest absolute Gasteiger partial charge is 0.0991 e. The van der Waals surface area contributed by atoms with Crippen molar-refractivity contribution in [3.63, 3.8) is 0 Å². The molecular formula is C17H15N3. The van der Waals surface area contributed by atoms with Crippen LogP contribution in [0, 0.1) is 18.3 Å². The topological polar surface area (TPSA) is 54.7 Å². The number of rotatable bonds is 2. The first kappa shape index (κ1) is 12.3. The van der Waals surface area contributed by atoms with E-state index in [1.54, 1.807) is 0 Å². The quantitative estimate of drug-likeness (QED) is 0.718. The minimum absolute atomic E-state index is 0.705. The van der Waals surface area contributed by atoms with Crippen molar-refractivity contribution in [3.8, 4) is 6.07 Å². The van der Waals surface area contributed by atoms with Gasteiger partial charge in [-0.15, -0.1) is 0 Å². The van der Waals surface area contributed by atoms with E-state index in [2.05, 4.69) is 22.9 Å². The molecule has 0 fully saturated rings. The molecule has 0 aliphatic heterocycles. The number of hydrogen-bond donors (Lipinski definition) is 1. The van der Waals surface area contributed by atoms with Gasteiger partial charge in [0, 0.05) is 29.3 Å². The zero-order valence-electron chi connectivity index (χ0n) is 11.3. The number of hydrogen-bond acceptors (Lipinski definition) is 2. The summed E-state index contributed by atoms with van der Waals surface area (Å²) in [6, 6.07) is 16.0.